The maximum Gasteiger partial charge on any atom is 0.417 e. The number of benzene rings is 1. The summed E-state index contributed by atoms with van der Waals surface area (Å²) >= 11 is 11.4. The number of carbonyl (C=O) groups is 2. The fourth-order valence-electron chi connectivity index (χ4n) is 2.42. The number of amides is 2. The van der Waals surface area contributed by atoms with Gasteiger partial charge < -0.3 is 19.9 Å². The Morgan fingerprint density at radius 1 is 1.37 bits per heavy atom. The van der Waals surface area contributed by atoms with Gasteiger partial charge in [0, 0.05) is 13.0 Å². The monoisotopic (exact) mass is 412 g/mol. The van der Waals surface area contributed by atoms with Crippen LogP contribution >= 0.6 is 23.8 Å². The number of hydrogen-bond donors (Lipinski definition) is 2. The highest BCUT2D eigenvalue weighted by Crippen LogP contribution is 2.33. The van der Waals surface area contributed by atoms with Crippen LogP contribution in [0, 0.1) is 0 Å². The van der Waals surface area contributed by atoms with E-state index in [1.54, 1.807) is 39.0 Å². The molecule has 2 amide bonds. The van der Waals surface area contributed by atoms with Crippen molar-refractivity contribution in [3.63, 3.8) is 0 Å². The maximum absolute atomic E-state index is 12.7. The highest BCUT2D eigenvalue weighted by atomic mass is 35.5. The van der Waals surface area contributed by atoms with Gasteiger partial charge in [-0.2, -0.15) is 0 Å². The molecule has 1 aliphatic heterocycles. The number of anilines is 1. The Kier molecular flexibility index (Phi) is 6.33. The zero-order chi connectivity index (χ0) is 20.4. The van der Waals surface area contributed by atoms with Crippen molar-refractivity contribution >= 4 is 46.5 Å². The molecule has 0 aliphatic carbocycles. The third kappa shape index (κ3) is 4.90. The van der Waals surface area contributed by atoms with E-state index in [9.17, 15) is 14.7 Å². The molecule has 9 heteroatoms. The Morgan fingerprint density at radius 3 is 2.63 bits per heavy atom. The van der Waals surface area contributed by atoms with Crippen LogP contribution in [-0.4, -0.2) is 46.3 Å². The Hall–Kier alpha value is -2.32. The van der Waals surface area contributed by atoms with Gasteiger partial charge in [0.25, 0.3) is 5.91 Å². The van der Waals surface area contributed by atoms with Crippen LogP contribution in [0.15, 0.2) is 29.5 Å². The molecule has 2 rings (SSSR count). The van der Waals surface area contributed by atoms with Gasteiger partial charge in [-0.3, -0.25) is 4.79 Å². The van der Waals surface area contributed by atoms with Gasteiger partial charge in [-0.1, -0.05) is 29.9 Å². The number of carbonyl (C=O) groups excluding carboxylic acids is 2. The molecule has 1 aromatic rings. The van der Waals surface area contributed by atoms with Gasteiger partial charge in [-0.15, -0.1) is 0 Å². The number of aliphatic hydroxyl groups excluding tert-OH is 1. The van der Waals surface area contributed by atoms with Crippen LogP contribution in [0.5, 0.6) is 5.75 Å². The number of nitrogens with one attached hydrogen (secondary N) is 1. The molecule has 0 bridgehead atoms. The van der Waals surface area contributed by atoms with E-state index >= 15 is 0 Å². The summed E-state index contributed by atoms with van der Waals surface area (Å²) in [4.78, 5) is 25.9. The van der Waals surface area contributed by atoms with Crippen LogP contribution in [-0.2, 0) is 9.53 Å². The molecule has 0 spiro atoms. The normalized spacial score (nSPS) is 14.9. The number of para-hydroxylation sites is 1. The molecule has 146 valence electrons. The molecule has 0 fully saturated rings. The summed E-state index contributed by atoms with van der Waals surface area (Å²) in [6.07, 6.45) is -0.713. The third-order valence-electron chi connectivity index (χ3n) is 3.58. The molecule has 0 aromatic heterocycles. The fourth-order valence-corrected chi connectivity index (χ4v) is 2.99. The number of halogens is 1. The minimum absolute atomic E-state index is 0.00613. The van der Waals surface area contributed by atoms with E-state index in [2.05, 4.69) is 5.32 Å². The van der Waals surface area contributed by atoms with Gasteiger partial charge in [0.1, 0.15) is 21.9 Å². The summed E-state index contributed by atoms with van der Waals surface area (Å²) in [5.41, 5.74) is -0.491. The molecule has 1 heterocycles. The van der Waals surface area contributed by atoms with Crippen molar-refractivity contribution in [3.8, 4) is 5.75 Å². The molecule has 0 atom stereocenters. The van der Waals surface area contributed by atoms with Crippen LogP contribution in [0.25, 0.3) is 0 Å². The molecule has 0 radical (unpaired) electrons. The van der Waals surface area contributed by atoms with Gasteiger partial charge in [-0.05, 0) is 32.9 Å². The summed E-state index contributed by atoms with van der Waals surface area (Å²) in [6.45, 7) is 5.10. The smallest absolute Gasteiger partial charge is 0.417 e. The van der Waals surface area contributed by atoms with Gasteiger partial charge in [-0.25, -0.2) is 9.69 Å². The molecular weight excluding hydrogens is 392 g/mol. The van der Waals surface area contributed by atoms with Crippen molar-refractivity contribution in [2.45, 2.75) is 32.8 Å². The second-order valence-corrected chi connectivity index (χ2v) is 7.60. The second-order valence-electron chi connectivity index (χ2n) is 6.78. The molecule has 0 saturated carbocycles. The number of nitrogens with zero attached hydrogens (tertiary/aromatic N) is 1. The Balaban J connectivity index is 2.26. The largest absolute Gasteiger partial charge is 0.511 e. The summed E-state index contributed by atoms with van der Waals surface area (Å²) in [6, 6.07) is 4.98. The number of hydrogen-bond acceptors (Lipinski definition) is 6. The van der Waals surface area contributed by atoms with E-state index in [-0.39, 0.29) is 29.3 Å². The number of rotatable bonds is 3. The Bertz CT molecular complexity index is 816. The first-order valence-electron chi connectivity index (χ1n) is 8.16. The van der Waals surface area contributed by atoms with E-state index in [0.29, 0.717) is 16.5 Å². The van der Waals surface area contributed by atoms with Crippen molar-refractivity contribution in [1.29, 1.82) is 0 Å². The van der Waals surface area contributed by atoms with Gasteiger partial charge in [0.2, 0.25) is 0 Å². The predicted molar refractivity (Wildman–Crippen MR) is 106 cm³/mol. The second kappa shape index (κ2) is 8.14. The van der Waals surface area contributed by atoms with Crippen molar-refractivity contribution < 1.29 is 24.2 Å². The average molecular weight is 413 g/mol. The van der Waals surface area contributed by atoms with Gasteiger partial charge in [0.15, 0.2) is 5.75 Å². The minimum Gasteiger partial charge on any atom is -0.511 e. The molecule has 2 N–H and O–H groups in total. The topological polar surface area (TPSA) is 88.1 Å². The number of ether oxygens (including phenoxy) is 2. The van der Waals surface area contributed by atoms with Gasteiger partial charge >= 0.3 is 6.09 Å². The first kappa shape index (κ1) is 21.0. The van der Waals surface area contributed by atoms with E-state index in [1.165, 1.54) is 7.11 Å². The lowest BCUT2D eigenvalue weighted by Crippen LogP contribution is -2.46. The van der Waals surface area contributed by atoms with Crippen molar-refractivity contribution in [2.75, 3.05) is 19.0 Å². The highest BCUT2D eigenvalue weighted by Gasteiger charge is 2.36. The van der Waals surface area contributed by atoms with Crippen LogP contribution in [0.2, 0.25) is 5.02 Å². The van der Waals surface area contributed by atoms with Crippen LogP contribution in [0.1, 0.15) is 27.2 Å². The zero-order valence-electron chi connectivity index (χ0n) is 15.5. The average Bonchev–Trinajstić information content (AvgIpc) is 2.53. The molecule has 27 heavy (non-hydrogen) atoms. The quantitative estimate of drug-likeness (QED) is 0.723. The Morgan fingerprint density at radius 2 is 2.04 bits per heavy atom. The lowest BCUT2D eigenvalue weighted by atomic mass is 10.1. The summed E-state index contributed by atoms with van der Waals surface area (Å²) in [5, 5.41) is 13.4. The number of methoxy groups -OCH3 is 1. The first-order chi connectivity index (χ1) is 12.5. The molecule has 1 aliphatic rings. The number of imide groups is 1. The molecule has 7 nitrogen and oxygen atoms in total. The lowest BCUT2D eigenvalue weighted by Gasteiger charge is -2.30. The maximum atomic E-state index is 12.7. The van der Waals surface area contributed by atoms with Crippen LogP contribution in [0.4, 0.5) is 10.5 Å². The summed E-state index contributed by atoms with van der Waals surface area (Å²) in [7, 11) is 1.45. The van der Waals surface area contributed by atoms with E-state index in [4.69, 9.17) is 33.3 Å². The van der Waals surface area contributed by atoms with Crippen molar-refractivity contribution in [3.05, 3.63) is 34.6 Å². The molecule has 1 aromatic carbocycles. The molecular formula is C18H21ClN2O5S. The van der Waals surface area contributed by atoms with Crippen molar-refractivity contribution in [2.24, 2.45) is 0 Å². The summed E-state index contributed by atoms with van der Waals surface area (Å²) in [5.74, 6) is -0.585. The Labute approximate surface area is 167 Å². The predicted octanol–water partition coefficient (Wildman–Crippen LogP) is 4.07. The van der Waals surface area contributed by atoms with E-state index in [0.717, 1.165) is 4.90 Å². The molecule has 0 saturated heterocycles. The SMILES string of the molecule is COc1c(Cl)cccc1NC(=S)C1=C(O)CCN(C(=O)OC(C)(C)C)C1=O. The van der Waals surface area contributed by atoms with Gasteiger partial charge in [0.05, 0.1) is 17.8 Å². The summed E-state index contributed by atoms with van der Waals surface area (Å²) < 4.78 is 10.5. The highest BCUT2D eigenvalue weighted by molar-refractivity contribution is 7.81. The molecule has 0 unspecified atom stereocenters. The first-order valence-corrected chi connectivity index (χ1v) is 8.94. The number of aliphatic hydroxyl groups is 1. The lowest BCUT2D eigenvalue weighted by molar-refractivity contribution is -0.126. The fraction of sp³-hybridized carbons (Fsp3) is 0.389. The third-order valence-corrected chi connectivity index (χ3v) is 4.18. The van der Waals surface area contributed by atoms with E-state index in [1.807, 2.05) is 0 Å². The standard InChI is InChI=1S/C18H21ClN2O5S/c1-18(2,3)26-17(24)21-9-8-12(22)13(16(21)23)15(27)20-11-7-5-6-10(19)14(11)25-4/h5-7,22H,8-9H2,1-4H3,(H,20,27). The van der Waals surface area contributed by atoms with Crippen LogP contribution in [0.3, 0.4) is 0 Å². The number of thiocarbonyl (C=S) groups is 1. The minimum atomic E-state index is -0.791. The zero-order valence-corrected chi connectivity index (χ0v) is 17.0. The van der Waals surface area contributed by atoms with Crippen LogP contribution < -0.4 is 10.1 Å². The van der Waals surface area contributed by atoms with Crippen molar-refractivity contribution in [1.82, 2.24) is 4.90 Å². The van der Waals surface area contributed by atoms with E-state index < -0.39 is 17.6 Å².